The zero-order valence-corrected chi connectivity index (χ0v) is 11.9. The highest BCUT2D eigenvalue weighted by atomic mass is 19.4. The Morgan fingerprint density at radius 1 is 1.10 bits per heavy atom. The first kappa shape index (κ1) is 14.7. The van der Waals surface area contributed by atoms with E-state index >= 15 is 0 Å². The molecule has 0 radical (unpaired) electrons. The molecule has 0 bridgehead atoms. The van der Waals surface area contributed by atoms with Crippen molar-refractivity contribution in [2.24, 2.45) is 5.73 Å². The number of halogens is 3. The molecule has 2 aliphatic rings. The third-order valence-electron chi connectivity index (χ3n) is 4.32. The number of piperazine rings is 1. The highest BCUT2D eigenvalue weighted by Gasteiger charge is 2.37. The Labute approximate surface area is 122 Å². The Bertz CT molecular complexity index is 503. The van der Waals surface area contributed by atoms with Crippen molar-refractivity contribution < 1.29 is 13.2 Å². The number of hydrogen-bond acceptors (Lipinski definition) is 3. The molecule has 1 aromatic rings. The van der Waals surface area contributed by atoms with Crippen LogP contribution in [0.15, 0.2) is 18.2 Å². The van der Waals surface area contributed by atoms with Crippen molar-refractivity contribution in [1.82, 2.24) is 4.90 Å². The second-order valence-corrected chi connectivity index (χ2v) is 5.81. The molecule has 1 saturated carbocycles. The minimum atomic E-state index is -4.34. The van der Waals surface area contributed by atoms with Crippen molar-refractivity contribution in [2.45, 2.75) is 31.6 Å². The molecule has 3 nitrogen and oxygen atoms in total. The number of alkyl halides is 3. The van der Waals surface area contributed by atoms with Crippen molar-refractivity contribution in [1.29, 1.82) is 0 Å². The van der Waals surface area contributed by atoms with Gasteiger partial charge in [0, 0.05) is 44.5 Å². The number of hydrogen-bond donors (Lipinski definition) is 1. The predicted molar refractivity (Wildman–Crippen MR) is 76.1 cm³/mol. The number of anilines is 1. The summed E-state index contributed by atoms with van der Waals surface area (Å²) in [6, 6.07) is 5.12. The molecule has 116 valence electrons. The van der Waals surface area contributed by atoms with Crippen molar-refractivity contribution in [3.05, 3.63) is 29.3 Å². The number of rotatable bonds is 3. The first-order chi connectivity index (χ1) is 9.99. The molecular formula is C15H20F3N3. The second-order valence-electron chi connectivity index (χ2n) is 5.81. The zero-order chi connectivity index (χ0) is 15.0. The van der Waals surface area contributed by atoms with Crippen LogP contribution in [0.25, 0.3) is 0 Å². The fourth-order valence-corrected chi connectivity index (χ4v) is 2.98. The summed E-state index contributed by atoms with van der Waals surface area (Å²) < 4.78 is 39.8. The molecule has 3 rings (SSSR count). The van der Waals surface area contributed by atoms with Gasteiger partial charge in [-0.1, -0.05) is 6.07 Å². The van der Waals surface area contributed by atoms with Gasteiger partial charge in [0.2, 0.25) is 0 Å². The highest BCUT2D eigenvalue weighted by Crippen LogP contribution is 2.38. The van der Waals surface area contributed by atoms with Gasteiger partial charge in [0.1, 0.15) is 0 Å². The molecular weight excluding hydrogens is 279 g/mol. The van der Waals surface area contributed by atoms with Crippen LogP contribution in [-0.4, -0.2) is 37.1 Å². The predicted octanol–water partition coefficient (Wildman–Crippen LogP) is 2.45. The van der Waals surface area contributed by atoms with Gasteiger partial charge in [0.15, 0.2) is 0 Å². The van der Waals surface area contributed by atoms with Gasteiger partial charge in [0.25, 0.3) is 0 Å². The first-order valence-corrected chi connectivity index (χ1v) is 7.38. The average Bonchev–Trinajstić information content (AvgIpc) is 3.30. The summed E-state index contributed by atoms with van der Waals surface area (Å²) in [5, 5.41) is 0. The molecule has 0 amide bonds. The maximum atomic E-state index is 13.3. The molecule has 6 heteroatoms. The molecule has 1 aromatic carbocycles. The van der Waals surface area contributed by atoms with Crippen LogP contribution in [0.3, 0.4) is 0 Å². The topological polar surface area (TPSA) is 32.5 Å². The normalized spacial score (nSPS) is 20.9. The molecule has 2 N–H and O–H groups in total. The van der Waals surface area contributed by atoms with Crippen molar-refractivity contribution in [3.8, 4) is 0 Å². The fourth-order valence-electron chi connectivity index (χ4n) is 2.98. The maximum absolute atomic E-state index is 13.3. The lowest BCUT2D eigenvalue weighted by molar-refractivity contribution is -0.137. The molecule has 0 atom stereocenters. The van der Waals surface area contributed by atoms with Crippen LogP contribution >= 0.6 is 0 Å². The van der Waals surface area contributed by atoms with Gasteiger partial charge < -0.3 is 10.6 Å². The van der Waals surface area contributed by atoms with E-state index in [4.69, 9.17) is 5.73 Å². The van der Waals surface area contributed by atoms with Crippen LogP contribution < -0.4 is 10.6 Å². The number of benzene rings is 1. The Hall–Kier alpha value is -1.27. The fraction of sp³-hybridized carbons (Fsp3) is 0.600. The van der Waals surface area contributed by atoms with E-state index in [2.05, 4.69) is 4.90 Å². The second kappa shape index (κ2) is 5.50. The highest BCUT2D eigenvalue weighted by molar-refractivity contribution is 5.57. The van der Waals surface area contributed by atoms with Crippen molar-refractivity contribution in [2.75, 3.05) is 31.1 Å². The quantitative estimate of drug-likeness (QED) is 0.930. The van der Waals surface area contributed by atoms with Gasteiger partial charge >= 0.3 is 6.18 Å². The minimum Gasteiger partial charge on any atom is -0.368 e. The summed E-state index contributed by atoms with van der Waals surface area (Å²) in [6.45, 7) is 3.13. The van der Waals surface area contributed by atoms with E-state index in [9.17, 15) is 13.2 Å². The van der Waals surface area contributed by atoms with Gasteiger partial charge in [0.05, 0.1) is 5.56 Å². The Balaban J connectivity index is 1.81. The summed E-state index contributed by atoms with van der Waals surface area (Å²) in [7, 11) is 0. The lowest BCUT2D eigenvalue weighted by atomic mass is 10.1. The number of nitrogens with two attached hydrogens (primary N) is 1. The van der Waals surface area contributed by atoms with E-state index in [1.54, 1.807) is 12.1 Å². The van der Waals surface area contributed by atoms with Gasteiger partial charge in [-0.25, -0.2) is 0 Å². The van der Waals surface area contributed by atoms with Crippen LogP contribution in [0, 0.1) is 0 Å². The molecule has 1 aliphatic heterocycles. The molecule has 2 fully saturated rings. The summed E-state index contributed by atoms with van der Waals surface area (Å²) >= 11 is 0. The Morgan fingerprint density at radius 2 is 1.76 bits per heavy atom. The third-order valence-corrected chi connectivity index (χ3v) is 4.32. The minimum absolute atomic E-state index is 0.124. The number of nitrogens with zero attached hydrogens (tertiary/aromatic N) is 2. The van der Waals surface area contributed by atoms with E-state index in [-0.39, 0.29) is 12.2 Å². The zero-order valence-electron chi connectivity index (χ0n) is 11.9. The smallest absolute Gasteiger partial charge is 0.368 e. The molecule has 21 heavy (non-hydrogen) atoms. The van der Waals surface area contributed by atoms with E-state index < -0.39 is 11.7 Å². The Morgan fingerprint density at radius 3 is 2.29 bits per heavy atom. The van der Waals surface area contributed by atoms with E-state index in [0.29, 0.717) is 24.7 Å². The first-order valence-electron chi connectivity index (χ1n) is 7.38. The SMILES string of the molecule is NCc1ccc(N2CCN(C3CC3)CC2)c(C(F)(F)F)c1. The van der Waals surface area contributed by atoms with Gasteiger partial charge in [-0.15, -0.1) is 0 Å². The van der Waals surface area contributed by atoms with Gasteiger partial charge in [-0.2, -0.15) is 13.2 Å². The molecule has 1 aliphatic carbocycles. The summed E-state index contributed by atoms with van der Waals surface area (Å²) in [5.41, 5.74) is 5.70. The van der Waals surface area contributed by atoms with Crippen LogP contribution in [0.1, 0.15) is 24.0 Å². The molecule has 0 aromatic heterocycles. The molecule has 1 heterocycles. The standard InChI is InChI=1S/C15H20F3N3/c16-15(17,18)13-9-11(10-19)1-4-14(13)21-7-5-20(6-8-21)12-2-3-12/h1,4,9,12H,2-3,5-8,10,19H2. The summed E-state index contributed by atoms with van der Waals surface area (Å²) in [4.78, 5) is 4.24. The molecule has 1 saturated heterocycles. The summed E-state index contributed by atoms with van der Waals surface area (Å²) in [5.74, 6) is 0. The van der Waals surface area contributed by atoms with Crippen LogP contribution in [0.4, 0.5) is 18.9 Å². The summed E-state index contributed by atoms with van der Waals surface area (Å²) in [6.07, 6.45) is -1.87. The lowest BCUT2D eigenvalue weighted by Gasteiger charge is -2.37. The van der Waals surface area contributed by atoms with E-state index in [0.717, 1.165) is 13.1 Å². The largest absolute Gasteiger partial charge is 0.418 e. The lowest BCUT2D eigenvalue weighted by Crippen LogP contribution is -2.47. The third kappa shape index (κ3) is 3.16. The average molecular weight is 299 g/mol. The maximum Gasteiger partial charge on any atom is 0.418 e. The van der Waals surface area contributed by atoms with E-state index in [1.165, 1.54) is 18.9 Å². The van der Waals surface area contributed by atoms with Crippen LogP contribution in [0.2, 0.25) is 0 Å². The van der Waals surface area contributed by atoms with Crippen molar-refractivity contribution >= 4 is 5.69 Å². The molecule has 0 spiro atoms. The van der Waals surface area contributed by atoms with Gasteiger partial charge in [-0.05, 0) is 30.5 Å². The van der Waals surface area contributed by atoms with Crippen molar-refractivity contribution in [3.63, 3.8) is 0 Å². The van der Waals surface area contributed by atoms with Crippen LogP contribution in [-0.2, 0) is 12.7 Å². The van der Waals surface area contributed by atoms with Crippen LogP contribution in [0.5, 0.6) is 0 Å². The Kier molecular flexibility index (Phi) is 3.84. The molecule has 0 unspecified atom stereocenters. The van der Waals surface area contributed by atoms with Gasteiger partial charge in [-0.3, -0.25) is 4.90 Å². The monoisotopic (exact) mass is 299 g/mol. The van der Waals surface area contributed by atoms with E-state index in [1.807, 2.05) is 4.90 Å².